The summed E-state index contributed by atoms with van der Waals surface area (Å²) in [4.78, 5) is 12.0. The van der Waals surface area contributed by atoms with Gasteiger partial charge in [0.25, 0.3) is 0 Å². The zero-order valence-electron chi connectivity index (χ0n) is 11.0. The number of benzene rings is 1. The van der Waals surface area contributed by atoms with E-state index >= 15 is 0 Å². The first-order valence-electron chi connectivity index (χ1n) is 5.88. The minimum absolute atomic E-state index is 0.148. The molecule has 1 aromatic heterocycles. The van der Waals surface area contributed by atoms with Crippen molar-refractivity contribution in [2.75, 3.05) is 11.2 Å². The lowest BCUT2D eigenvalue weighted by Gasteiger charge is -2.11. The predicted molar refractivity (Wildman–Crippen MR) is 75.3 cm³/mol. The van der Waals surface area contributed by atoms with Crippen molar-refractivity contribution in [2.24, 2.45) is 0 Å². The van der Waals surface area contributed by atoms with Gasteiger partial charge in [-0.25, -0.2) is 9.07 Å². The number of nitrogens with zero attached hydrogens (tertiary/aromatic N) is 3. The number of para-hydroxylation sites is 1. The summed E-state index contributed by atoms with van der Waals surface area (Å²) in [7, 11) is 0. The van der Waals surface area contributed by atoms with Crippen molar-refractivity contribution < 1.29 is 9.18 Å². The topological polar surface area (TPSA) is 85.8 Å². The minimum Gasteiger partial charge on any atom is -0.336 e. The average molecular weight is 295 g/mol. The number of hydrogen-bond donors (Lipinski definition) is 2. The largest absolute Gasteiger partial charge is 0.336 e. The van der Waals surface area contributed by atoms with Crippen molar-refractivity contribution in [1.82, 2.24) is 14.9 Å². The van der Waals surface area contributed by atoms with E-state index in [2.05, 4.69) is 15.5 Å². The normalized spacial score (nSPS) is 12.2. The molecule has 1 amide bonds. The maximum atomic E-state index is 13.4. The predicted octanol–water partition coefficient (Wildman–Crippen LogP) is 1.56. The third kappa shape index (κ3) is 3.08. The van der Waals surface area contributed by atoms with E-state index in [0.29, 0.717) is 11.0 Å². The fraction of sp³-hybridized carbons (Fsp3) is 0.250. The van der Waals surface area contributed by atoms with Gasteiger partial charge >= 0.3 is 0 Å². The first-order valence-corrected chi connectivity index (χ1v) is 6.76. The van der Waals surface area contributed by atoms with E-state index < -0.39 is 11.1 Å². The van der Waals surface area contributed by atoms with Crippen LogP contribution in [-0.4, -0.2) is 26.0 Å². The number of rotatable bonds is 4. The molecule has 106 valence electrons. The Bertz CT molecular complexity index is 630. The van der Waals surface area contributed by atoms with Gasteiger partial charge in [-0.2, -0.15) is 0 Å². The van der Waals surface area contributed by atoms with Gasteiger partial charge in [-0.1, -0.05) is 23.9 Å². The van der Waals surface area contributed by atoms with Crippen LogP contribution in [-0.2, 0) is 4.79 Å². The Labute approximate surface area is 119 Å². The highest BCUT2D eigenvalue weighted by Gasteiger charge is 2.19. The summed E-state index contributed by atoms with van der Waals surface area (Å²) in [5, 5.41) is 10.1. The van der Waals surface area contributed by atoms with Crippen molar-refractivity contribution in [3.05, 3.63) is 35.9 Å². The number of carbonyl (C=O) groups is 1. The first-order chi connectivity index (χ1) is 9.49. The van der Waals surface area contributed by atoms with Gasteiger partial charge in [-0.3, -0.25) is 4.79 Å². The van der Waals surface area contributed by atoms with Gasteiger partial charge < -0.3 is 11.2 Å². The molecule has 0 saturated heterocycles. The van der Waals surface area contributed by atoms with E-state index in [4.69, 9.17) is 5.84 Å². The van der Waals surface area contributed by atoms with Gasteiger partial charge in [0, 0.05) is 0 Å². The molecule has 2 aromatic rings. The summed E-state index contributed by atoms with van der Waals surface area (Å²) in [6, 6.07) is 5.99. The van der Waals surface area contributed by atoms with Crippen molar-refractivity contribution in [1.29, 1.82) is 0 Å². The van der Waals surface area contributed by atoms with E-state index in [1.165, 1.54) is 16.8 Å². The number of nitrogens with one attached hydrogen (secondary N) is 1. The van der Waals surface area contributed by atoms with Crippen LogP contribution in [0.2, 0.25) is 0 Å². The molecule has 0 aliphatic heterocycles. The highest BCUT2D eigenvalue weighted by molar-refractivity contribution is 8.00. The molecule has 2 rings (SSSR count). The monoisotopic (exact) mass is 295 g/mol. The second kappa shape index (κ2) is 5.91. The van der Waals surface area contributed by atoms with Crippen molar-refractivity contribution >= 4 is 23.4 Å². The first kappa shape index (κ1) is 14.3. The van der Waals surface area contributed by atoms with Gasteiger partial charge in [-0.05, 0) is 26.0 Å². The van der Waals surface area contributed by atoms with E-state index in [9.17, 15) is 9.18 Å². The van der Waals surface area contributed by atoms with Gasteiger partial charge in [-0.15, -0.1) is 10.2 Å². The lowest BCUT2D eigenvalue weighted by molar-refractivity contribution is -0.115. The molecule has 1 aromatic carbocycles. The highest BCUT2D eigenvalue weighted by atomic mass is 32.2. The zero-order valence-corrected chi connectivity index (χ0v) is 11.8. The van der Waals surface area contributed by atoms with Crippen molar-refractivity contribution in [3.63, 3.8) is 0 Å². The number of carbonyl (C=O) groups excluding carboxylic acids is 1. The van der Waals surface area contributed by atoms with Crippen LogP contribution in [0.4, 0.5) is 10.1 Å². The van der Waals surface area contributed by atoms with Crippen LogP contribution in [0, 0.1) is 12.7 Å². The summed E-state index contributed by atoms with van der Waals surface area (Å²) in [5.74, 6) is 5.45. The number of aromatic nitrogens is 3. The molecule has 1 heterocycles. The molecule has 3 N–H and O–H groups in total. The third-order valence-corrected chi connectivity index (χ3v) is 3.67. The Kier molecular flexibility index (Phi) is 4.23. The Morgan fingerprint density at radius 3 is 2.75 bits per heavy atom. The SMILES string of the molecule is Cc1nnc(S[C@H](C)C(=O)Nc2ccccc2F)n1N. The molecule has 20 heavy (non-hydrogen) atoms. The Balaban J connectivity index is 2.03. The summed E-state index contributed by atoms with van der Waals surface area (Å²) in [6.07, 6.45) is 0. The maximum absolute atomic E-state index is 13.4. The Hall–Kier alpha value is -2.09. The number of nitrogens with two attached hydrogens (primary N) is 1. The fourth-order valence-electron chi connectivity index (χ4n) is 1.44. The molecule has 0 spiro atoms. The van der Waals surface area contributed by atoms with Crippen LogP contribution >= 0.6 is 11.8 Å². The molecule has 0 saturated carbocycles. The second-order valence-electron chi connectivity index (χ2n) is 4.13. The van der Waals surface area contributed by atoms with Crippen LogP contribution < -0.4 is 11.2 Å². The molecule has 0 bridgehead atoms. The summed E-state index contributed by atoms with van der Waals surface area (Å²) >= 11 is 1.15. The number of amides is 1. The van der Waals surface area contributed by atoms with Crippen molar-refractivity contribution in [3.8, 4) is 0 Å². The van der Waals surface area contributed by atoms with Crippen LogP contribution in [0.1, 0.15) is 12.7 Å². The van der Waals surface area contributed by atoms with E-state index in [0.717, 1.165) is 11.8 Å². The van der Waals surface area contributed by atoms with Crippen LogP contribution in [0.3, 0.4) is 0 Å². The summed E-state index contributed by atoms with van der Waals surface area (Å²) < 4.78 is 14.7. The molecule has 0 radical (unpaired) electrons. The third-order valence-electron chi connectivity index (χ3n) is 2.62. The quantitative estimate of drug-likeness (QED) is 0.660. The number of thioether (sulfide) groups is 1. The highest BCUT2D eigenvalue weighted by Crippen LogP contribution is 2.22. The van der Waals surface area contributed by atoms with Crippen LogP contribution in [0.25, 0.3) is 0 Å². The average Bonchev–Trinajstić information content (AvgIpc) is 2.73. The zero-order chi connectivity index (χ0) is 14.7. The molecular weight excluding hydrogens is 281 g/mol. The van der Waals surface area contributed by atoms with Gasteiger partial charge in [0.05, 0.1) is 10.9 Å². The standard InChI is InChI=1S/C12H14FN5OS/c1-7(20-12-17-16-8(2)18(12)14)11(19)15-10-6-4-3-5-9(10)13/h3-7H,14H2,1-2H3,(H,15,19)/t7-/m1/s1. The molecule has 0 fully saturated rings. The van der Waals surface area contributed by atoms with Gasteiger partial charge in [0.2, 0.25) is 11.1 Å². The molecule has 6 nitrogen and oxygen atoms in total. The van der Waals surface area contributed by atoms with E-state index in [1.54, 1.807) is 26.0 Å². The molecule has 8 heteroatoms. The number of anilines is 1. The van der Waals surface area contributed by atoms with Gasteiger partial charge in [0.1, 0.15) is 11.6 Å². The summed E-state index contributed by atoms with van der Waals surface area (Å²) in [5.41, 5.74) is 0.148. The maximum Gasteiger partial charge on any atom is 0.237 e. The second-order valence-corrected chi connectivity index (χ2v) is 5.44. The van der Waals surface area contributed by atoms with Gasteiger partial charge in [0.15, 0.2) is 0 Å². The number of halogens is 1. The molecule has 0 unspecified atom stereocenters. The van der Waals surface area contributed by atoms with E-state index in [-0.39, 0.29) is 11.6 Å². The lowest BCUT2D eigenvalue weighted by atomic mass is 10.3. The van der Waals surface area contributed by atoms with Crippen LogP contribution in [0.5, 0.6) is 0 Å². The smallest absolute Gasteiger partial charge is 0.237 e. The number of nitrogen functional groups attached to an aromatic ring is 1. The molecular formula is C12H14FN5OS. The van der Waals surface area contributed by atoms with Crippen molar-refractivity contribution in [2.45, 2.75) is 24.3 Å². The Morgan fingerprint density at radius 2 is 2.15 bits per heavy atom. The van der Waals surface area contributed by atoms with Crippen LogP contribution in [0.15, 0.2) is 29.4 Å². The molecule has 0 aliphatic rings. The molecule has 1 atom stereocenters. The summed E-state index contributed by atoms with van der Waals surface area (Å²) in [6.45, 7) is 3.39. The number of aryl methyl sites for hydroxylation is 1. The molecule has 0 aliphatic carbocycles. The number of hydrogen-bond acceptors (Lipinski definition) is 5. The Morgan fingerprint density at radius 1 is 1.45 bits per heavy atom. The van der Waals surface area contributed by atoms with E-state index in [1.807, 2.05) is 0 Å². The minimum atomic E-state index is -0.486. The fourth-order valence-corrected chi connectivity index (χ4v) is 2.25. The lowest BCUT2D eigenvalue weighted by Crippen LogP contribution is -2.24.